The lowest BCUT2D eigenvalue weighted by molar-refractivity contribution is 0.0647. The van der Waals surface area contributed by atoms with Crippen LogP contribution in [0, 0.1) is 5.92 Å². The van der Waals surface area contributed by atoms with Crippen molar-refractivity contribution in [1.82, 2.24) is 4.90 Å². The van der Waals surface area contributed by atoms with Crippen LogP contribution in [0.4, 0.5) is 0 Å². The number of fused-ring (bicyclic) bond motifs is 1. The lowest BCUT2D eigenvalue weighted by Gasteiger charge is -2.25. The van der Waals surface area contributed by atoms with Gasteiger partial charge in [0.25, 0.3) is 11.8 Å². The molecule has 1 aliphatic carbocycles. The molecule has 0 atom stereocenters. The van der Waals surface area contributed by atoms with Crippen molar-refractivity contribution in [2.75, 3.05) is 6.54 Å². The van der Waals surface area contributed by atoms with E-state index in [9.17, 15) is 9.59 Å². The quantitative estimate of drug-likeness (QED) is 0.762. The summed E-state index contributed by atoms with van der Waals surface area (Å²) in [5, 5.41) is 0. The standard InChI is InChI=1S/C15H17NO2/c17-14-12-8-1-2-9-13(12)15(18)16(14)10-4-7-11-5-3-6-11/h1-2,8-9,11H,3-7,10H2. The highest BCUT2D eigenvalue weighted by Crippen LogP contribution is 2.31. The second kappa shape index (κ2) is 4.56. The van der Waals surface area contributed by atoms with E-state index in [1.54, 1.807) is 12.1 Å². The van der Waals surface area contributed by atoms with Gasteiger partial charge in [0.2, 0.25) is 0 Å². The van der Waals surface area contributed by atoms with Gasteiger partial charge in [-0.3, -0.25) is 14.5 Å². The van der Waals surface area contributed by atoms with E-state index in [1.807, 2.05) is 12.1 Å². The summed E-state index contributed by atoms with van der Waals surface area (Å²) in [6.07, 6.45) is 6.07. The number of benzene rings is 1. The largest absolute Gasteiger partial charge is 0.274 e. The molecule has 18 heavy (non-hydrogen) atoms. The minimum atomic E-state index is -0.121. The Bertz CT molecular complexity index is 456. The number of hydrogen-bond donors (Lipinski definition) is 0. The Morgan fingerprint density at radius 2 is 1.67 bits per heavy atom. The second-order valence-electron chi connectivity index (χ2n) is 5.25. The summed E-state index contributed by atoms with van der Waals surface area (Å²) in [5.41, 5.74) is 1.12. The highest BCUT2D eigenvalue weighted by molar-refractivity contribution is 6.21. The summed E-state index contributed by atoms with van der Waals surface area (Å²) in [5.74, 6) is 0.591. The summed E-state index contributed by atoms with van der Waals surface area (Å²) >= 11 is 0. The van der Waals surface area contributed by atoms with Crippen LogP contribution in [0.15, 0.2) is 24.3 Å². The van der Waals surface area contributed by atoms with Crippen LogP contribution < -0.4 is 0 Å². The smallest absolute Gasteiger partial charge is 0.261 e. The molecule has 0 bridgehead atoms. The molecule has 1 saturated carbocycles. The van der Waals surface area contributed by atoms with E-state index < -0.39 is 0 Å². The fraction of sp³-hybridized carbons (Fsp3) is 0.467. The average Bonchev–Trinajstić information content (AvgIpc) is 2.57. The van der Waals surface area contributed by atoms with Gasteiger partial charge in [0.05, 0.1) is 11.1 Å². The highest BCUT2D eigenvalue weighted by Gasteiger charge is 2.34. The third-order valence-electron chi connectivity index (χ3n) is 4.10. The van der Waals surface area contributed by atoms with Crippen LogP contribution in [0.1, 0.15) is 52.8 Å². The molecule has 94 valence electrons. The summed E-state index contributed by atoms with van der Waals surface area (Å²) in [4.78, 5) is 25.5. The summed E-state index contributed by atoms with van der Waals surface area (Å²) in [6, 6.07) is 7.09. The van der Waals surface area contributed by atoms with E-state index in [0.29, 0.717) is 17.7 Å². The average molecular weight is 243 g/mol. The number of hydrogen-bond acceptors (Lipinski definition) is 2. The monoisotopic (exact) mass is 243 g/mol. The number of imide groups is 1. The first kappa shape index (κ1) is 11.5. The Labute approximate surface area is 107 Å². The molecule has 0 saturated heterocycles. The van der Waals surface area contributed by atoms with Crippen LogP contribution in [0.3, 0.4) is 0 Å². The van der Waals surface area contributed by atoms with E-state index >= 15 is 0 Å². The number of amides is 2. The Balaban J connectivity index is 1.64. The van der Waals surface area contributed by atoms with Gasteiger partial charge in [-0.1, -0.05) is 31.4 Å². The Morgan fingerprint density at radius 1 is 1.06 bits per heavy atom. The third-order valence-corrected chi connectivity index (χ3v) is 4.10. The lowest BCUT2D eigenvalue weighted by Crippen LogP contribution is -2.31. The molecule has 3 heteroatoms. The fourth-order valence-corrected chi connectivity index (χ4v) is 2.76. The number of nitrogens with zero attached hydrogens (tertiary/aromatic N) is 1. The van der Waals surface area contributed by atoms with Gasteiger partial charge in [-0.25, -0.2) is 0 Å². The zero-order valence-corrected chi connectivity index (χ0v) is 10.4. The first-order valence-corrected chi connectivity index (χ1v) is 6.72. The lowest BCUT2D eigenvalue weighted by atomic mass is 9.82. The van der Waals surface area contributed by atoms with Gasteiger partial charge in [-0.15, -0.1) is 0 Å². The minimum Gasteiger partial charge on any atom is -0.274 e. The van der Waals surface area contributed by atoms with Crippen LogP contribution in [0.5, 0.6) is 0 Å². The van der Waals surface area contributed by atoms with Gasteiger partial charge in [0.1, 0.15) is 0 Å². The van der Waals surface area contributed by atoms with Gasteiger partial charge >= 0.3 is 0 Å². The summed E-state index contributed by atoms with van der Waals surface area (Å²) in [7, 11) is 0. The van der Waals surface area contributed by atoms with Crippen molar-refractivity contribution in [3.05, 3.63) is 35.4 Å². The number of carbonyl (C=O) groups excluding carboxylic acids is 2. The molecule has 0 spiro atoms. The predicted octanol–water partition coefficient (Wildman–Crippen LogP) is 2.86. The van der Waals surface area contributed by atoms with Gasteiger partial charge in [-0.05, 0) is 30.9 Å². The molecule has 2 amide bonds. The van der Waals surface area contributed by atoms with Crippen molar-refractivity contribution in [3.63, 3.8) is 0 Å². The van der Waals surface area contributed by atoms with Gasteiger partial charge in [-0.2, -0.15) is 0 Å². The third kappa shape index (κ3) is 1.84. The van der Waals surface area contributed by atoms with Crippen molar-refractivity contribution in [1.29, 1.82) is 0 Å². The van der Waals surface area contributed by atoms with Gasteiger partial charge in [0.15, 0.2) is 0 Å². The van der Waals surface area contributed by atoms with Crippen molar-refractivity contribution < 1.29 is 9.59 Å². The zero-order valence-electron chi connectivity index (χ0n) is 10.4. The molecule has 0 N–H and O–H groups in total. The van der Waals surface area contributed by atoms with E-state index in [1.165, 1.54) is 24.2 Å². The summed E-state index contributed by atoms with van der Waals surface area (Å²) < 4.78 is 0. The Hall–Kier alpha value is -1.64. The van der Waals surface area contributed by atoms with Crippen molar-refractivity contribution in [2.45, 2.75) is 32.1 Å². The predicted molar refractivity (Wildman–Crippen MR) is 68.4 cm³/mol. The molecule has 1 aromatic carbocycles. The first-order valence-electron chi connectivity index (χ1n) is 6.72. The molecular formula is C15H17NO2. The van der Waals surface area contributed by atoms with Crippen LogP contribution in [-0.4, -0.2) is 23.3 Å². The molecule has 3 nitrogen and oxygen atoms in total. The highest BCUT2D eigenvalue weighted by atomic mass is 16.2. The molecule has 1 fully saturated rings. The molecule has 0 radical (unpaired) electrons. The summed E-state index contributed by atoms with van der Waals surface area (Å²) in [6.45, 7) is 0.572. The maximum atomic E-state index is 12.1. The van der Waals surface area contributed by atoms with Crippen molar-refractivity contribution in [2.24, 2.45) is 5.92 Å². The number of carbonyl (C=O) groups is 2. The first-order chi connectivity index (χ1) is 8.77. The van der Waals surface area contributed by atoms with Crippen LogP contribution in [0.2, 0.25) is 0 Å². The van der Waals surface area contributed by atoms with Crippen molar-refractivity contribution in [3.8, 4) is 0 Å². The maximum Gasteiger partial charge on any atom is 0.261 e. The van der Waals surface area contributed by atoms with E-state index in [2.05, 4.69) is 0 Å². The molecule has 0 aromatic heterocycles. The molecule has 2 aliphatic rings. The van der Waals surface area contributed by atoms with E-state index in [-0.39, 0.29) is 11.8 Å². The molecular weight excluding hydrogens is 226 g/mol. The Morgan fingerprint density at radius 3 is 2.17 bits per heavy atom. The van der Waals surface area contributed by atoms with Crippen LogP contribution in [-0.2, 0) is 0 Å². The molecule has 1 heterocycles. The fourth-order valence-electron chi connectivity index (χ4n) is 2.76. The molecule has 1 aromatic rings. The van der Waals surface area contributed by atoms with Gasteiger partial charge in [0, 0.05) is 6.54 Å². The molecule has 0 unspecified atom stereocenters. The maximum absolute atomic E-state index is 12.1. The Kier molecular flexibility index (Phi) is 2.90. The van der Waals surface area contributed by atoms with Gasteiger partial charge < -0.3 is 0 Å². The van der Waals surface area contributed by atoms with E-state index in [0.717, 1.165) is 18.8 Å². The van der Waals surface area contributed by atoms with E-state index in [4.69, 9.17) is 0 Å². The molecule has 3 rings (SSSR count). The zero-order chi connectivity index (χ0) is 12.5. The SMILES string of the molecule is O=C1c2ccccc2C(=O)N1CCCC1CCC1. The minimum absolute atomic E-state index is 0.121. The topological polar surface area (TPSA) is 37.4 Å². The van der Waals surface area contributed by atoms with Crippen LogP contribution >= 0.6 is 0 Å². The van der Waals surface area contributed by atoms with Crippen molar-refractivity contribution >= 4 is 11.8 Å². The van der Waals surface area contributed by atoms with Crippen LogP contribution in [0.25, 0.3) is 0 Å². The normalized spacial score (nSPS) is 19.0. The second-order valence-corrected chi connectivity index (χ2v) is 5.25. The number of rotatable bonds is 4. The molecule has 1 aliphatic heterocycles.